The van der Waals surface area contributed by atoms with E-state index in [9.17, 15) is 14.9 Å². The minimum atomic E-state index is -0.645. The molecule has 0 bridgehead atoms. The normalized spacial score (nSPS) is 13.3. The van der Waals surface area contributed by atoms with Gasteiger partial charge in [-0.15, -0.1) is 0 Å². The molecule has 15 heteroatoms. The quantitative estimate of drug-likeness (QED) is 0.120. The number of nitro groups is 1. The SMILES string of the molecule is COc1c(OC(C)=O)ccc(/C=N\Nc2nc(Nc3ccc(C)cc3Br)nc(N3CCOCC3)n2)c1[N+](=O)[O-]. The maximum Gasteiger partial charge on any atom is 0.323 e. The highest BCUT2D eigenvalue weighted by Gasteiger charge is 2.25. The number of nitro benzene ring substituents is 1. The van der Waals surface area contributed by atoms with Gasteiger partial charge in [-0.3, -0.25) is 14.9 Å². The van der Waals surface area contributed by atoms with Crippen molar-refractivity contribution in [3.05, 3.63) is 56.0 Å². The largest absolute Gasteiger partial charge is 0.488 e. The summed E-state index contributed by atoms with van der Waals surface area (Å²) in [5.41, 5.74) is 4.24. The number of halogens is 1. The summed E-state index contributed by atoms with van der Waals surface area (Å²) in [7, 11) is 1.24. The number of carbonyl (C=O) groups excluding carboxylic acids is 1. The lowest BCUT2D eigenvalue weighted by atomic mass is 10.1. The number of esters is 1. The van der Waals surface area contributed by atoms with Crippen molar-refractivity contribution in [2.24, 2.45) is 5.10 Å². The number of nitrogens with zero attached hydrogens (tertiary/aromatic N) is 6. The average molecular weight is 601 g/mol. The molecule has 1 aromatic heterocycles. The Kier molecular flexibility index (Phi) is 8.83. The smallest absolute Gasteiger partial charge is 0.323 e. The fourth-order valence-corrected chi connectivity index (χ4v) is 4.26. The molecule has 204 valence electrons. The molecule has 1 aliphatic rings. The molecule has 0 amide bonds. The van der Waals surface area contributed by atoms with Crippen LogP contribution in [0.2, 0.25) is 0 Å². The Bertz CT molecular complexity index is 1410. The maximum absolute atomic E-state index is 11.8. The first-order valence-electron chi connectivity index (χ1n) is 11.7. The van der Waals surface area contributed by atoms with Crippen molar-refractivity contribution >= 4 is 57.3 Å². The van der Waals surface area contributed by atoms with Gasteiger partial charge < -0.3 is 24.4 Å². The van der Waals surface area contributed by atoms with Gasteiger partial charge in [0.15, 0.2) is 5.75 Å². The van der Waals surface area contributed by atoms with Crippen molar-refractivity contribution in [3.63, 3.8) is 0 Å². The van der Waals surface area contributed by atoms with E-state index in [0.717, 1.165) is 15.7 Å². The third kappa shape index (κ3) is 6.94. The summed E-state index contributed by atoms with van der Waals surface area (Å²) < 4.78 is 16.4. The average Bonchev–Trinajstić information content (AvgIpc) is 2.90. The van der Waals surface area contributed by atoms with Crippen LogP contribution in [-0.4, -0.2) is 65.5 Å². The second-order valence-corrected chi connectivity index (χ2v) is 9.10. The summed E-state index contributed by atoms with van der Waals surface area (Å²) in [6, 6.07) is 8.58. The van der Waals surface area contributed by atoms with Gasteiger partial charge in [0.25, 0.3) is 0 Å². The molecular weight excluding hydrogens is 576 g/mol. The van der Waals surface area contributed by atoms with Gasteiger partial charge in [-0.2, -0.15) is 20.1 Å². The van der Waals surface area contributed by atoms with Crippen molar-refractivity contribution in [3.8, 4) is 11.5 Å². The van der Waals surface area contributed by atoms with Gasteiger partial charge in [-0.25, -0.2) is 5.43 Å². The number of methoxy groups -OCH3 is 1. The van der Waals surface area contributed by atoms with Crippen molar-refractivity contribution < 1.29 is 23.9 Å². The van der Waals surface area contributed by atoms with E-state index in [-0.39, 0.29) is 29.0 Å². The molecule has 0 radical (unpaired) electrons. The van der Waals surface area contributed by atoms with Gasteiger partial charge in [-0.1, -0.05) is 6.07 Å². The molecule has 2 N–H and O–H groups in total. The molecule has 3 aromatic rings. The van der Waals surface area contributed by atoms with Gasteiger partial charge >= 0.3 is 11.7 Å². The number of hydrazone groups is 1. The van der Waals surface area contributed by atoms with E-state index in [4.69, 9.17) is 14.2 Å². The lowest BCUT2D eigenvalue weighted by Gasteiger charge is -2.27. The number of morpholine rings is 1. The fraction of sp³-hybridized carbons (Fsp3) is 0.292. The Morgan fingerprint density at radius 2 is 1.95 bits per heavy atom. The zero-order valence-electron chi connectivity index (χ0n) is 21.3. The molecule has 0 spiro atoms. The molecule has 0 atom stereocenters. The minimum absolute atomic E-state index is 0.0765. The number of aryl methyl sites for hydroxylation is 1. The molecule has 1 fully saturated rings. The zero-order chi connectivity index (χ0) is 27.9. The van der Waals surface area contributed by atoms with Crippen molar-refractivity contribution in [1.29, 1.82) is 0 Å². The molecule has 14 nitrogen and oxygen atoms in total. The number of rotatable bonds is 9. The lowest BCUT2D eigenvalue weighted by molar-refractivity contribution is -0.385. The number of ether oxygens (including phenoxy) is 3. The molecule has 0 saturated carbocycles. The molecular formula is C24H25BrN8O6. The fourth-order valence-electron chi connectivity index (χ4n) is 3.67. The highest BCUT2D eigenvalue weighted by atomic mass is 79.9. The van der Waals surface area contributed by atoms with Crippen LogP contribution < -0.4 is 25.1 Å². The van der Waals surface area contributed by atoms with Gasteiger partial charge in [-0.05, 0) is 52.7 Å². The summed E-state index contributed by atoms with van der Waals surface area (Å²) in [6.45, 7) is 5.44. The van der Waals surface area contributed by atoms with E-state index in [1.807, 2.05) is 30.0 Å². The summed E-state index contributed by atoms with van der Waals surface area (Å²) in [5, 5.41) is 19.1. The molecule has 1 saturated heterocycles. The zero-order valence-corrected chi connectivity index (χ0v) is 22.9. The van der Waals surface area contributed by atoms with Gasteiger partial charge in [0.2, 0.25) is 23.6 Å². The van der Waals surface area contributed by atoms with Crippen LogP contribution >= 0.6 is 15.9 Å². The number of hydrogen-bond acceptors (Lipinski definition) is 13. The van der Waals surface area contributed by atoms with Crippen LogP contribution in [0.4, 0.5) is 29.2 Å². The lowest BCUT2D eigenvalue weighted by Crippen LogP contribution is -2.37. The summed E-state index contributed by atoms with van der Waals surface area (Å²) in [5.74, 6) is -0.128. The Morgan fingerprint density at radius 1 is 1.21 bits per heavy atom. The van der Waals surface area contributed by atoms with Crippen LogP contribution in [0.1, 0.15) is 18.1 Å². The van der Waals surface area contributed by atoms with Crippen molar-refractivity contribution in [2.45, 2.75) is 13.8 Å². The molecule has 2 aromatic carbocycles. The summed E-state index contributed by atoms with van der Waals surface area (Å²) >= 11 is 3.54. The van der Waals surface area contributed by atoms with E-state index in [1.54, 1.807) is 0 Å². The van der Waals surface area contributed by atoms with E-state index in [0.29, 0.717) is 32.3 Å². The first kappa shape index (κ1) is 27.7. The van der Waals surface area contributed by atoms with Crippen LogP contribution in [0, 0.1) is 17.0 Å². The molecule has 4 rings (SSSR count). The standard InChI is InChI=1S/C24H25BrN8O6/c1-14-4-6-18(17(25)12-14)27-22-28-23(30-24(29-22)32-8-10-38-11-9-32)31-26-13-16-5-7-19(39-15(2)34)21(37-3)20(16)33(35)36/h4-7,12-13H,8-11H2,1-3H3,(H2,27,28,29,30,31)/b26-13-. The van der Waals surface area contributed by atoms with E-state index in [1.165, 1.54) is 32.4 Å². The van der Waals surface area contributed by atoms with Crippen LogP contribution in [-0.2, 0) is 9.53 Å². The van der Waals surface area contributed by atoms with Crippen LogP contribution in [0.15, 0.2) is 39.9 Å². The number of benzene rings is 2. The van der Waals surface area contributed by atoms with Crippen LogP contribution in [0.5, 0.6) is 11.5 Å². The first-order valence-corrected chi connectivity index (χ1v) is 12.5. The van der Waals surface area contributed by atoms with Crippen LogP contribution in [0.25, 0.3) is 0 Å². The monoisotopic (exact) mass is 600 g/mol. The minimum Gasteiger partial charge on any atom is -0.488 e. The Hall–Kier alpha value is -4.37. The van der Waals surface area contributed by atoms with Gasteiger partial charge in [0.1, 0.15) is 0 Å². The topological polar surface area (TPSA) is 166 Å². The number of nitrogens with one attached hydrogen (secondary N) is 2. The predicted molar refractivity (Wildman–Crippen MR) is 147 cm³/mol. The Labute approximate surface area is 231 Å². The highest BCUT2D eigenvalue weighted by molar-refractivity contribution is 9.10. The molecule has 1 aliphatic heterocycles. The second kappa shape index (κ2) is 12.4. The maximum atomic E-state index is 11.8. The van der Waals surface area contributed by atoms with E-state index < -0.39 is 16.6 Å². The third-order valence-corrected chi connectivity index (χ3v) is 6.08. The molecule has 0 unspecified atom stereocenters. The summed E-state index contributed by atoms with van der Waals surface area (Å²) in [6.07, 6.45) is 1.22. The number of anilines is 4. The van der Waals surface area contributed by atoms with Crippen molar-refractivity contribution in [1.82, 2.24) is 15.0 Å². The van der Waals surface area contributed by atoms with Crippen LogP contribution in [0.3, 0.4) is 0 Å². The summed E-state index contributed by atoms with van der Waals surface area (Å²) in [4.78, 5) is 37.9. The number of hydrogen-bond donors (Lipinski definition) is 2. The Morgan fingerprint density at radius 3 is 2.62 bits per heavy atom. The van der Waals surface area contributed by atoms with E-state index in [2.05, 4.69) is 46.7 Å². The van der Waals surface area contributed by atoms with Gasteiger partial charge in [0, 0.05) is 24.5 Å². The van der Waals surface area contributed by atoms with Crippen molar-refractivity contribution in [2.75, 3.05) is 49.1 Å². The molecule has 39 heavy (non-hydrogen) atoms. The number of aromatic nitrogens is 3. The second-order valence-electron chi connectivity index (χ2n) is 8.25. The first-order chi connectivity index (χ1) is 18.7. The predicted octanol–water partition coefficient (Wildman–Crippen LogP) is 3.81. The molecule has 2 heterocycles. The molecule has 0 aliphatic carbocycles. The highest BCUT2D eigenvalue weighted by Crippen LogP contribution is 2.39. The number of carbonyl (C=O) groups is 1. The Balaban J connectivity index is 1.64. The van der Waals surface area contributed by atoms with Gasteiger partial charge in [0.05, 0.1) is 42.7 Å². The van der Waals surface area contributed by atoms with E-state index >= 15 is 0 Å². The third-order valence-electron chi connectivity index (χ3n) is 5.42.